The molecule has 0 spiro atoms. The zero-order chi connectivity index (χ0) is 17.7. The molecule has 1 atom stereocenters. The fourth-order valence-corrected chi connectivity index (χ4v) is 2.51. The Balaban J connectivity index is 1.99. The lowest BCUT2D eigenvalue weighted by Crippen LogP contribution is -2.48. The summed E-state index contributed by atoms with van der Waals surface area (Å²) in [7, 11) is 0. The Morgan fingerprint density at radius 3 is 2.50 bits per heavy atom. The van der Waals surface area contributed by atoms with E-state index in [0.717, 1.165) is 25.0 Å². The smallest absolute Gasteiger partial charge is 0.352 e. The molecule has 4 nitrogen and oxygen atoms in total. The summed E-state index contributed by atoms with van der Waals surface area (Å²) in [4.78, 5) is 24.7. The van der Waals surface area contributed by atoms with Crippen LogP contribution in [0.2, 0.25) is 0 Å². The number of carbonyl (C=O) groups is 2. The van der Waals surface area contributed by atoms with Gasteiger partial charge < -0.3 is 10.2 Å². The highest BCUT2D eigenvalue weighted by Gasteiger charge is 2.29. The van der Waals surface area contributed by atoms with Crippen molar-refractivity contribution in [1.29, 1.82) is 0 Å². The summed E-state index contributed by atoms with van der Waals surface area (Å²) in [6.45, 7) is 2.36. The van der Waals surface area contributed by atoms with Gasteiger partial charge in [0.15, 0.2) is 0 Å². The fraction of sp³-hybridized carbons (Fsp3) is 0.412. The van der Waals surface area contributed by atoms with Crippen LogP contribution in [0.4, 0.5) is 13.2 Å². The summed E-state index contributed by atoms with van der Waals surface area (Å²) in [6, 6.07) is 4.25. The maximum atomic E-state index is 12.5. The standard InChI is InChI=1S/C17H17F3N2O2/c1-12(23)21-15-3-2-10-22(11-15)16(24)9-6-13-4-7-14(8-5-13)17(18,19)20/h4-5,7-8,15H,2-3,10-11H2,1H3,(H,21,23). The minimum absolute atomic E-state index is 0.0898. The minimum atomic E-state index is -4.39. The zero-order valence-corrected chi connectivity index (χ0v) is 13.1. The number of hydrogen-bond donors (Lipinski definition) is 1. The molecule has 1 aliphatic rings. The molecule has 2 rings (SSSR count). The van der Waals surface area contributed by atoms with Crippen LogP contribution < -0.4 is 5.32 Å². The summed E-state index contributed by atoms with van der Waals surface area (Å²) in [5, 5.41) is 2.77. The first-order valence-corrected chi connectivity index (χ1v) is 7.51. The molecule has 1 aliphatic heterocycles. The van der Waals surface area contributed by atoms with Crippen molar-refractivity contribution >= 4 is 11.8 Å². The zero-order valence-electron chi connectivity index (χ0n) is 13.1. The molecular weight excluding hydrogens is 321 g/mol. The molecule has 1 heterocycles. The van der Waals surface area contributed by atoms with Crippen molar-refractivity contribution in [1.82, 2.24) is 10.2 Å². The highest BCUT2D eigenvalue weighted by atomic mass is 19.4. The molecule has 1 N–H and O–H groups in total. The van der Waals surface area contributed by atoms with Crippen molar-refractivity contribution in [3.05, 3.63) is 35.4 Å². The van der Waals surface area contributed by atoms with E-state index in [9.17, 15) is 22.8 Å². The van der Waals surface area contributed by atoms with Crippen molar-refractivity contribution in [2.24, 2.45) is 0 Å². The topological polar surface area (TPSA) is 49.4 Å². The Bertz CT molecular complexity index is 672. The van der Waals surface area contributed by atoms with Crippen LogP contribution >= 0.6 is 0 Å². The SMILES string of the molecule is CC(=O)NC1CCCN(C(=O)C#Cc2ccc(C(F)(F)F)cc2)C1. The predicted molar refractivity (Wildman–Crippen MR) is 81.7 cm³/mol. The third-order valence-corrected chi connectivity index (χ3v) is 3.64. The Hall–Kier alpha value is -2.49. The third-order valence-electron chi connectivity index (χ3n) is 3.64. The second-order valence-corrected chi connectivity index (χ2v) is 5.62. The first-order valence-electron chi connectivity index (χ1n) is 7.51. The molecule has 2 amide bonds. The average Bonchev–Trinajstić information content (AvgIpc) is 2.52. The molecule has 0 aromatic heterocycles. The van der Waals surface area contributed by atoms with E-state index >= 15 is 0 Å². The molecule has 0 bridgehead atoms. The molecule has 0 saturated carbocycles. The van der Waals surface area contributed by atoms with E-state index in [1.54, 1.807) is 4.90 Å². The van der Waals surface area contributed by atoms with E-state index in [1.807, 2.05) is 0 Å². The van der Waals surface area contributed by atoms with Gasteiger partial charge in [0, 0.05) is 37.5 Å². The van der Waals surface area contributed by atoms with Crippen LogP contribution in [0.3, 0.4) is 0 Å². The highest BCUT2D eigenvalue weighted by molar-refractivity contribution is 5.94. The van der Waals surface area contributed by atoms with E-state index in [0.29, 0.717) is 18.7 Å². The average molecular weight is 338 g/mol. The molecule has 1 fully saturated rings. The molecular formula is C17H17F3N2O2. The molecule has 7 heteroatoms. The van der Waals surface area contributed by atoms with Crippen LogP contribution in [-0.4, -0.2) is 35.8 Å². The Kier molecular flexibility index (Phi) is 5.50. The van der Waals surface area contributed by atoms with Crippen LogP contribution in [0, 0.1) is 11.8 Å². The van der Waals surface area contributed by atoms with Crippen molar-refractivity contribution in [2.75, 3.05) is 13.1 Å². The number of rotatable bonds is 1. The summed E-state index contributed by atoms with van der Waals surface area (Å²) in [5.41, 5.74) is -0.416. The van der Waals surface area contributed by atoms with Gasteiger partial charge in [-0.25, -0.2) is 0 Å². The van der Waals surface area contributed by atoms with Crippen LogP contribution in [0.15, 0.2) is 24.3 Å². The first kappa shape index (κ1) is 17.9. The number of alkyl halides is 3. The Morgan fingerprint density at radius 2 is 1.92 bits per heavy atom. The van der Waals surface area contributed by atoms with Crippen LogP contribution in [0.1, 0.15) is 30.9 Å². The lowest BCUT2D eigenvalue weighted by molar-refractivity contribution is -0.137. The van der Waals surface area contributed by atoms with Gasteiger partial charge in [-0.1, -0.05) is 5.92 Å². The summed E-state index contributed by atoms with van der Waals surface area (Å²) < 4.78 is 37.4. The van der Waals surface area contributed by atoms with Crippen LogP contribution in [-0.2, 0) is 15.8 Å². The van der Waals surface area contributed by atoms with Gasteiger partial charge in [-0.3, -0.25) is 9.59 Å². The maximum absolute atomic E-state index is 12.5. The van der Waals surface area contributed by atoms with Crippen molar-refractivity contribution in [3.8, 4) is 11.8 Å². The minimum Gasteiger partial charge on any atom is -0.352 e. The van der Waals surface area contributed by atoms with Crippen molar-refractivity contribution in [2.45, 2.75) is 32.0 Å². The summed E-state index contributed by atoms with van der Waals surface area (Å²) in [6.07, 6.45) is -2.83. The highest BCUT2D eigenvalue weighted by Crippen LogP contribution is 2.28. The Labute approximate surface area is 138 Å². The number of hydrogen-bond acceptors (Lipinski definition) is 2. The normalized spacial score (nSPS) is 17.7. The largest absolute Gasteiger partial charge is 0.416 e. The van der Waals surface area contributed by atoms with E-state index in [4.69, 9.17) is 0 Å². The molecule has 24 heavy (non-hydrogen) atoms. The van der Waals surface area contributed by atoms with Gasteiger partial charge >= 0.3 is 6.18 Å². The molecule has 1 aromatic rings. The molecule has 1 aromatic carbocycles. The van der Waals surface area contributed by atoms with Gasteiger partial charge in [-0.15, -0.1) is 0 Å². The second-order valence-electron chi connectivity index (χ2n) is 5.62. The molecule has 1 unspecified atom stereocenters. The second kappa shape index (κ2) is 7.39. The third kappa shape index (κ3) is 5.01. The number of benzene rings is 1. The van der Waals surface area contributed by atoms with E-state index < -0.39 is 17.6 Å². The summed E-state index contributed by atoms with van der Waals surface area (Å²) >= 11 is 0. The fourth-order valence-electron chi connectivity index (χ4n) is 2.51. The lowest BCUT2D eigenvalue weighted by Gasteiger charge is -2.31. The molecule has 128 valence electrons. The van der Waals surface area contributed by atoms with E-state index in [2.05, 4.69) is 17.2 Å². The lowest BCUT2D eigenvalue weighted by atomic mass is 10.1. The van der Waals surface area contributed by atoms with Gasteiger partial charge in [-0.2, -0.15) is 13.2 Å². The monoisotopic (exact) mass is 338 g/mol. The van der Waals surface area contributed by atoms with Crippen LogP contribution in [0.25, 0.3) is 0 Å². The van der Waals surface area contributed by atoms with Gasteiger partial charge in [0.25, 0.3) is 5.91 Å². The van der Waals surface area contributed by atoms with E-state index in [-0.39, 0.29) is 11.9 Å². The molecule has 0 aliphatic carbocycles. The summed E-state index contributed by atoms with van der Waals surface area (Å²) in [5.74, 6) is 4.48. The number of nitrogens with zero attached hydrogens (tertiary/aromatic N) is 1. The van der Waals surface area contributed by atoms with Crippen molar-refractivity contribution in [3.63, 3.8) is 0 Å². The number of halogens is 3. The molecule has 1 saturated heterocycles. The first-order chi connectivity index (χ1) is 11.3. The number of nitrogens with one attached hydrogen (secondary N) is 1. The van der Waals surface area contributed by atoms with Gasteiger partial charge in [0.05, 0.1) is 5.56 Å². The van der Waals surface area contributed by atoms with Crippen molar-refractivity contribution < 1.29 is 22.8 Å². The van der Waals surface area contributed by atoms with E-state index in [1.165, 1.54) is 19.1 Å². The number of amides is 2. The quantitative estimate of drug-likeness (QED) is 0.798. The number of likely N-dealkylation sites (tertiary alicyclic amines) is 1. The predicted octanol–water partition coefficient (Wildman–Crippen LogP) is 2.18. The molecule has 0 radical (unpaired) electrons. The number of carbonyl (C=O) groups excluding carboxylic acids is 2. The van der Waals surface area contributed by atoms with Gasteiger partial charge in [-0.05, 0) is 37.1 Å². The maximum Gasteiger partial charge on any atom is 0.416 e. The van der Waals surface area contributed by atoms with Crippen LogP contribution in [0.5, 0.6) is 0 Å². The number of piperidine rings is 1. The van der Waals surface area contributed by atoms with Gasteiger partial charge in [0.1, 0.15) is 0 Å². The Morgan fingerprint density at radius 1 is 1.25 bits per heavy atom. The van der Waals surface area contributed by atoms with Gasteiger partial charge in [0.2, 0.25) is 5.91 Å².